The van der Waals surface area contributed by atoms with Crippen LogP contribution in [0.4, 0.5) is 5.69 Å². The molecule has 0 unspecified atom stereocenters. The Kier molecular flexibility index (Phi) is 8.21. The molecule has 0 saturated heterocycles. The molecular weight excluding hydrogens is 438 g/mol. The fourth-order valence-electron chi connectivity index (χ4n) is 3.36. The average molecular weight is 468 g/mol. The van der Waals surface area contributed by atoms with E-state index in [1.807, 2.05) is 66.5 Å². The molecule has 0 radical (unpaired) electrons. The molecule has 3 aromatic carbocycles. The predicted molar refractivity (Wildman–Crippen MR) is 129 cm³/mol. The monoisotopic (exact) mass is 467 g/mol. The number of likely N-dealkylation sites (N-methyl/N-ethyl adjacent to an activating group) is 1. The van der Waals surface area contributed by atoms with Crippen LogP contribution in [0.25, 0.3) is 0 Å². The summed E-state index contributed by atoms with van der Waals surface area (Å²) in [6, 6.07) is 23.3. The highest BCUT2D eigenvalue weighted by atomic mass is 32.2. The van der Waals surface area contributed by atoms with Crippen molar-refractivity contribution in [3.63, 3.8) is 0 Å². The standard InChI is InChI=1S/C25H29N3O4S/c1-27(17-21-9-13-23(32-3)14-10-21)19-25(29)26-22-11-15-24(16-12-22)33(30,31)28(2)18-20-7-5-4-6-8-20/h4-16H,17-19H2,1-3H3,(H,26,29). The molecule has 0 spiro atoms. The van der Waals surface area contributed by atoms with Gasteiger partial charge in [-0.1, -0.05) is 42.5 Å². The number of anilines is 1. The zero-order chi connectivity index (χ0) is 23.8. The number of benzene rings is 3. The second kappa shape index (κ2) is 11.1. The molecule has 3 rings (SSSR count). The van der Waals surface area contributed by atoms with E-state index in [0.29, 0.717) is 12.2 Å². The first-order valence-electron chi connectivity index (χ1n) is 10.5. The van der Waals surface area contributed by atoms with Crippen molar-refractivity contribution < 1.29 is 17.9 Å². The highest BCUT2D eigenvalue weighted by molar-refractivity contribution is 7.89. The molecule has 33 heavy (non-hydrogen) atoms. The molecule has 0 fully saturated rings. The van der Waals surface area contributed by atoms with Gasteiger partial charge in [0.25, 0.3) is 0 Å². The number of nitrogens with one attached hydrogen (secondary N) is 1. The maximum absolute atomic E-state index is 12.9. The summed E-state index contributed by atoms with van der Waals surface area (Å²) in [6.45, 7) is 1.09. The number of methoxy groups -OCH3 is 1. The van der Waals surface area contributed by atoms with Crippen molar-refractivity contribution >= 4 is 21.6 Å². The normalized spacial score (nSPS) is 11.5. The van der Waals surface area contributed by atoms with Crippen molar-refractivity contribution in [2.24, 2.45) is 0 Å². The van der Waals surface area contributed by atoms with Crippen molar-refractivity contribution in [1.29, 1.82) is 0 Å². The second-order valence-electron chi connectivity index (χ2n) is 7.84. The van der Waals surface area contributed by atoms with E-state index >= 15 is 0 Å². The third-order valence-corrected chi connectivity index (χ3v) is 6.94. The molecule has 0 saturated carbocycles. The number of rotatable bonds is 10. The molecular formula is C25H29N3O4S. The Labute approximate surface area is 195 Å². The first kappa shape index (κ1) is 24.4. The fourth-order valence-corrected chi connectivity index (χ4v) is 4.52. The Bertz CT molecular complexity index is 1150. The number of carbonyl (C=O) groups is 1. The minimum absolute atomic E-state index is 0.176. The van der Waals surface area contributed by atoms with Crippen molar-refractivity contribution in [3.05, 3.63) is 90.0 Å². The van der Waals surface area contributed by atoms with Crippen LogP contribution in [0.2, 0.25) is 0 Å². The number of sulfonamides is 1. The molecule has 0 bridgehead atoms. The zero-order valence-electron chi connectivity index (χ0n) is 19.1. The van der Waals surface area contributed by atoms with E-state index in [4.69, 9.17) is 4.74 Å². The van der Waals surface area contributed by atoms with Crippen LogP contribution in [-0.2, 0) is 27.9 Å². The van der Waals surface area contributed by atoms with Gasteiger partial charge in [0.15, 0.2) is 0 Å². The largest absolute Gasteiger partial charge is 0.497 e. The van der Waals surface area contributed by atoms with Crippen LogP contribution in [0.15, 0.2) is 83.8 Å². The van der Waals surface area contributed by atoms with Gasteiger partial charge in [-0.15, -0.1) is 0 Å². The van der Waals surface area contributed by atoms with Crippen LogP contribution in [0, 0.1) is 0 Å². The first-order valence-corrected chi connectivity index (χ1v) is 11.9. The number of hydrogen-bond donors (Lipinski definition) is 1. The van der Waals surface area contributed by atoms with Crippen molar-refractivity contribution in [2.75, 3.05) is 33.1 Å². The van der Waals surface area contributed by atoms with Gasteiger partial charge in [0, 0.05) is 25.8 Å². The molecule has 7 nitrogen and oxygen atoms in total. The van der Waals surface area contributed by atoms with Crippen LogP contribution in [0.3, 0.4) is 0 Å². The molecule has 0 aliphatic rings. The number of nitrogens with zero attached hydrogens (tertiary/aromatic N) is 2. The van der Waals surface area contributed by atoms with Crippen LogP contribution in [0.1, 0.15) is 11.1 Å². The lowest BCUT2D eigenvalue weighted by Gasteiger charge is -2.18. The number of carbonyl (C=O) groups excluding carboxylic acids is 1. The molecule has 0 aromatic heterocycles. The van der Waals surface area contributed by atoms with E-state index in [1.165, 1.54) is 16.4 Å². The molecule has 1 amide bonds. The molecule has 0 heterocycles. The zero-order valence-corrected chi connectivity index (χ0v) is 19.9. The van der Waals surface area contributed by atoms with Gasteiger partial charge in [-0.3, -0.25) is 9.69 Å². The van der Waals surface area contributed by atoms with Gasteiger partial charge in [0.05, 0.1) is 18.6 Å². The van der Waals surface area contributed by atoms with Crippen LogP contribution >= 0.6 is 0 Å². The van der Waals surface area contributed by atoms with E-state index in [1.54, 1.807) is 26.3 Å². The maximum atomic E-state index is 12.9. The molecule has 8 heteroatoms. The van der Waals surface area contributed by atoms with E-state index < -0.39 is 10.0 Å². The van der Waals surface area contributed by atoms with Crippen molar-refractivity contribution in [2.45, 2.75) is 18.0 Å². The van der Waals surface area contributed by atoms with E-state index in [9.17, 15) is 13.2 Å². The third kappa shape index (κ3) is 6.89. The molecule has 3 aromatic rings. The summed E-state index contributed by atoms with van der Waals surface area (Å²) < 4.78 is 32.2. The van der Waals surface area contributed by atoms with Crippen molar-refractivity contribution in [3.8, 4) is 5.75 Å². The highest BCUT2D eigenvalue weighted by Crippen LogP contribution is 2.19. The van der Waals surface area contributed by atoms with Crippen LogP contribution < -0.4 is 10.1 Å². The van der Waals surface area contributed by atoms with E-state index in [0.717, 1.165) is 16.9 Å². The number of hydrogen-bond acceptors (Lipinski definition) is 5. The van der Waals surface area contributed by atoms with E-state index in [-0.39, 0.29) is 23.9 Å². The smallest absolute Gasteiger partial charge is 0.243 e. The summed E-state index contributed by atoms with van der Waals surface area (Å²) in [6.07, 6.45) is 0. The third-order valence-electron chi connectivity index (χ3n) is 5.12. The Morgan fingerprint density at radius 1 is 0.848 bits per heavy atom. The van der Waals surface area contributed by atoms with Gasteiger partial charge in [-0.05, 0) is 54.6 Å². The van der Waals surface area contributed by atoms with Gasteiger partial charge in [-0.2, -0.15) is 4.31 Å². The van der Waals surface area contributed by atoms with Crippen LogP contribution in [-0.4, -0.2) is 51.3 Å². The van der Waals surface area contributed by atoms with Gasteiger partial charge in [-0.25, -0.2) is 8.42 Å². The topological polar surface area (TPSA) is 79.0 Å². The Morgan fingerprint density at radius 2 is 1.45 bits per heavy atom. The lowest BCUT2D eigenvalue weighted by atomic mass is 10.2. The molecule has 0 aliphatic heterocycles. The van der Waals surface area contributed by atoms with Gasteiger partial charge in [0.1, 0.15) is 5.75 Å². The lowest BCUT2D eigenvalue weighted by molar-refractivity contribution is -0.117. The minimum Gasteiger partial charge on any atom is -0.497 e. The second-order valence-corrected chi connectivity index (χ2v) is 9.88. The highest BCUT2D eigenvalue weighted by Gasteiger charge is 2.21. The molecule has 0 atom stereocenters. The van der Waals surface area contributed by atoms with Gasteiger partial charge >= 0.3 is 0 Å². The molecule has 0 aliphatic carbocycles. The summed E-state index contributed by atoms with van der Waals surface area (Å²) in [7, 11) is 1.40. The summed E-state index contributed by atoms with van der Waals surface area (Å²) in [4.78, 5) is 14.5. The predicted octanol–water partition coefficient (Wildman–Crippen LogP) is 3.59. The summed E-state index contributed by atoms with van der Waals surface area (Å²) in [5.41, 5.74) is 2.52. The average Bonchev–Trinajstić information content (AvgIpc) is 2.80. The molecule has 174 valence electrons. The molecule has 1 N–H and O–H groups in total. The Hall–Kier alpha value is -3.20. The van der Waals surface area contributed by atoms with Gasteiger partial charge < -0.3 is 10.1 Å². The quantitative estimate of drug-likeness (QED) is 0.493. The fraction of sp³-hybridized carbons (Fsp3) is 0.240. The summed E-state index contributed by atoms with van der Waals surface area (Å²) >= 11 is 0. The van der Waals surface area contributed by atoms with Gasteiger partial charge in [0.2, 0.25) is 15.9 Å². The van der Waals surface area contributed by atoms with Crippen molar-refractivity contribution in [1.82, 2.24) is 9.21 Å². The minimum atomic E-state index is -3.64. The van der Waals surface area contributed by atoms with E-state index in [2.05, 4.69) is 5.32 Å². The number of ether oxygens (including phenoxy) is 1. The summed E-state index contributed by atoms with van der Waals surface area (Å²) in [5.74, 6) is 0.610. The van der Waals surface area contributed by atoms with Crippen LogP contribution in [0.5, 0.6) is 5.75 Å². The Morgan fingerprint density at radius 3 is 2.06 bits per heavy atom. The summed E-state index contributed by atoms with van der Waals surface area (Å²) in [5, 5.41) is 2.82. The lowest BCUT2D eigenvalue weighted by Crippen LogP contribution is -2.30. The SMILES string of the molecule is COc1ccc(CN(C)CC(=O)Nc2ccc(S(=O)(=O)N(C)Cc3ccccc3)cc2)cc1. The number of amides is 1. The maximum Gasteiger partial charge on any atom is 0.243 e. The first-order chi connectivity index (χ1) is 15.8. The Balaban J connectivity index is 1.55.